The highest BCUT2D eigenvalue weighted by atomic mass is 35.5. The Bertz CT molecular complexity index is 494. The van der Waals surface area contributed by atoms with Crippen LogP contribution in [0.2, 0.25) is 5.02 Å². The van der Waals surface area contributed by atoms with Gasteiger partial charge in [-0.25, -0.2) is 0 Å². The Balaban J connectivity index is 2.98. The highest BCUT2D eigenvalue weighted by Crippen LogP contribution is 2.25. The lowest BCUT2D eigenvalue weighted by Crippen LogP contribution is -2.05. The summed E-state index contributed by atoms with van der Waals surface area (Å²) in [6, 6.07) is 1.95. The lowest BCUT2D eigenvalue weighted by Gasteiger charge is -1.98. The molecule has 0 atom stereocenters. The van der Waals surface area contributed by atoms with E-state index in [4.69, 9.17) is 11.6 Å². The molecule has 0 spiro atoms. The molecule has 1 aromatic carbocycles. The van der Waals surface area contributed by atoms with E-state index in [1.165, 1.54) is 0 Å². The van der Waals surface area contributed by atoms with Crippen LogP contribution in [-0.2, 0) is 0 Å². The molecule has 0 radical (unpaired) electrons. The van der Waals surface area contributed by atoms with Gasteiger partial charge in [-0.1, -0.05) is 23.4 Å². The Morgan fingerprint density at radius 1 is 1.59 bits per heavy atom. The van der Waals surface area contributed by atoms with Crippen LogP contribution in [0.5, 0.6) is 0 Å². The summed E-state index contributed by atoms with van der Waals surface area (Å²) >= 11 is 5.77. The Morgan fingerprint density at radius 3 is 2.88 bits per heavy atom. The average Bonchev–Trinajstić information content (AvgIpc) is 2.28. The number of benzene rings is 1. The van der Waals surface area contributed by atoms with Gasteiger partial charge in [0.1, 0.15) is 0 Å². The summed E-state index contributed by atoms with van der Waals surface area (Å²) in [6.45, 7) is 0.708. The molecule has 0 aliphatic rings. The molecule has 1 aromatic rings. The van der Waals surface area contributed by atoms with Crippen molar-refractivity contribution < 1.29 is 9.31 Å². The van der Waals surface area contributed by atoms with E-state index in [2.05, 4.69) is 17.2 Å². The van der Waals surface area contributed by atoms with Crippen LogP contribution in [0.1, 0.15) is 12.0 Å². The van der Waals surface area contributed by atoms with E-state index in [0.717, 1.165) is 12.1 Å². The molecule has 0 amide bonds. The van der Waals surface area contributed by atoms with Crippen LogP contribution in [0.15, 0.2) is 12.1 Å². The second-order valence-corrected chi connectivity index (χ2v) is 3.60. The van der Waals surface area contributed by atoms with Gasteiger partial charge in [0.25, 0.3) is 0 Å². The van der Waals surface area contributed by atoms with Crippen LogP contribution in [0.4, 0.5) is 10.1 Å². The molecule has 0 aliphatic carbocycles. The van der Waals surface area contributed by atoms with Gasteiger partial charge in [-0.15, -0.1) is 0 Å². The second-order valence-electron chi connectivity index (χ2n) is 3.20. The predicted octanol–water partition coefficient (Wildman–Crippen LogP) is 2.35. The quantitative estimate of drug-likeness (QED) is 0.391. The maximum atomic E-state index is 13.3. The van der Waals surface area contributed by atoms with Gasteiger partial charge in [-0.3, -0.25) is 10.1 Å². The zero-order valence-corrected chi connectivity index (χ0v) is 9.84. The molecule has 1 rings (SSSR count). The Labute approximate surface area is 103 Å². The van der Waals surface area contributed by atoms with Crippen LogP contribution in [0.25, 0.3) is 0 Å². The smallest absolute Gasteiger partial charge is 0.306 e. The summed E-state index contributed by atoms with van der Waals surface area (Å²) in [7, 11) is 1.79. The highest BCUT2D eigenvalue weighted by molar-refractivity contribution is 6.32. The molecular formula is C11H10ClFN2O2. The molecule has 0 aromatic heterocycles. The third kappa shape index (κ3) is 3.70. The maximum absolute atomic E-state index is 13.3. The summed E-state index contributed by atoms with van der Waals surface area (Å²) in [4.78, 5) is 9.63. The average molecular weight is 257 g/mol. The largest absolute Gasteiger partial charge is 0.319 e. The third-order valence-electron chi connectivity index (χ3n) is 1.96. The zero-order valence-electron chi connectivity index (χ0n) is 9.09. The number of halogens is 2. The van der Waals surface area contributed by atoms with E-state index < -0.39 is 16.4 Å². The molecule has 4 nitrogen and oxygen atoms in total. The minimum absolute atomic E-state index is 0.0788. The van der Waals surface area contributed by atoms with Crippen molar-refractivity contribution in [1.82, 2.24) is 5.32 Å². The molecule has 1 N–H and O–H groups in total. The first-order valence-corrected chi connectivity index (χ1v) is 5.21. The van der Waals surface area contributed by atoms with Gasteiger partial charge in [0.05, 0.1) is 9.95 Å². The molecular weight excluding hydrogens is 247 g/mol. The first kappa shape index (κ1) is 13.4. The number of nitro benzene ring substituents is 1. The summed E-state index contributed by atoms with van der Waals surface area (Å²) in [5, 5.41) is 13.4. The second kappa shape index (κ2) is 6.18. The molecule has 17 heavy (non-hydrogen) atoms. The van der Waals surface area contributed by atoms with Crippen LogP contribution in [-0.4, -0.2) is 18.5 Å². The molecule has 0 fully saturated rings. The van der Waals surface area contributed by atoms with Crippen LogP contribution in [0.3, 0.4) is 0 Å². The Kier molecular flexibility index (Phi) is 4.88. The van der Waals surface area contributed by atoms with Crippen LogP contribution in [0, 0.1) is 27.8 Å². The van der Waals surface area contributed by atoms with Gasteiger partial charge in [-0.05, 0) is 13.1 Å². The molecule has 0 heterocycles. The minimum Gasteiger partial charge on any atom is -0.319 e. The van der Waals surface area contributed by atoms with Crippen molar-refractivity contribution >= 4 is 17.3 Å². The lowest BCUT2D eigenvalue weighted by atomic mass is 10.2. The van der Waals surface area contributed by atoms with E-state index in [1.54, 1.807) is 7.05 Å². The zero-order chi connectivity index (χ0) is 12.8. The fourth-order valence-electron chi connectivity index (χ4n) is 1.12. The topological polar surface area (TPSA) is 55.2 Å². The van der Waals surface area contributed by atoms with Gasteiger partial charge < -0.3 is 5.32 Å². The number of nitro groups is 1. The van der Waals surface area contributed by atoms with Gasteiger partial charge in [0.2, 0.25) is 5.82 Å². The van der Waals surface area contributed by atoms with Crippen molar-refractivity contribution in [3.05, 3.63) is 38.7 Å². The SMILES string of the molecule is CNCCC#Cc1cc(F)c([N+](=O)[O-])cc1Cl. The minimum atomic E-state index is -0.933. The van der Waals surface area contributed by atoms with Gasteiger partial charge in [0.15, 0.2) is 0 Å². The molecule has 90 valence electrons. The summed E-state index contributed by atoms with van der Waals surface area (Å²) < 4.78 is 13.3. The predicted molar refractivity (Wildman–Crippen MR) is 63.5 cm³/mol. The number of rotatable bonds is 3. The number of hydrogen-bond acceptors (Lipinski definition) is 3. The van der Waals surface area contributed by atoms with Gasteiger partial charge >= 0.3 is 5.69 Å². The van der Waals surface area contributed by atoms with Crippen molar-refractivity contribution in [2.24, 2.45) is 0 Å². The van der Waals surface area contributed by atoms with E-state index in [1.807, 2.05) is 0 Å². The standard InChI is InChI=1S/C11H10ClFN2O2/c1-14-5-3-2-4-8-6-10(13)11(15(16)17)7-9(8)12/h6-7,14H,3,5H2,1H3. The van der Waals surface area contributed by atoms with E-state index in [9.17, 15) is 14.5 Å². The maximum Gasteiger partial charge on any atom is 0.306 e. The third-order valence-corrected chi connectivity index (χ3v) is 2.27. The van der Waals surface area contributed by atoms with E-state index >= 15 is 0 Å². The summed E-state index contributed by atoms with van der Waals surface area (Å²) in [6.07, 6.45) is 0.589. The molecule has 0 unspecified atom stereocenters. The fourth-order valence-corrected chi connectivity index (χ4v) is 1.32. The Hall–Kier alpha value is -1.64. The normalized spacial score (nSPS) is 9.59. The highest BCUT2D eigenvalue weighted by Gasteiger charge is 2.16. The van der Waals surface area contributed by atoms with Crippen LogP contribution < -0.4 is 5.32 Å². The monoisotopic (exact) mass is 256 g/mol. The molecule has 0 aliphatic heterocycles. The molecule has 0 saturated carbocycles. The summed E-state index contributed by atoms with van der Waals surface area (Å²) in [5.41, 5.74) is -0.387. The van der Waals surface area contributed by atoms with Crippen LogP contribution >= 0.6 is 11.6 Å². The Morgan fingerprint density at radius 2 is 2.29 bits per heavy atom. The van der Waals surface area contributed by atoms with Gasteiger partial charge in [0, 0.05) is 24.6 Å². The molecule has 0 bridgehead atoms. The first-order chi connectivity index (χ1) is 8.06. The molecule has 6 heteroatoms. The van der Waals surface area contributed by atoms with Crippen molar-refractivity contribution in [2.75, 3.05) is 13.6 Å². The number of hydrogen-bond donors (Lipinski definition) is 1. The number of nitrogens with zero attached hydrogens (tertiary/aromatic N) is 1. The van der Waals surface area contributed by atoms with Crippen molar-refractivity contribution in [3.63, 3.8) is 0 Å². The van der Waals surface area contributed by atoms with Crippen molar-refractivity contribution in [1.29, 1.82) is 0 Å². The van der Waals surface area contributed by atoms with E-state index in [0.29, 0.717) is 13.0 Å². The summed E-state index contributed by atoms with van der Waals surface area (Å²) in [5.74, 6) is 4.52. The van der Waals surface area contributed by atoms with E-state index in [-0.39, 0.29) is 10.6 Å². The number of nitrogens with one attached hydrogen (secondary N) is 1. The van der Waals surface area contributed by atoms with Crippen molar-refractivity contribution in [3.8, 4) is 11.8 Å². The molecule has 0 saturated heterocycles. The van der Waals surface area contributed by atoms with Gasteiger partial charge in [-0.2, -0.15) is 4.39 Å². The first-order valence-electron chi connectivity index (χ1n) is 4.83. The van der Waals surface area contributed by atoms with Crippen molar-refractivity contribution in [2.45, 2.75) is 6.42 Å². The lowest BCUT2D eigenvalue weighted by molar-refractivity contribution is -0.387. The fraction of sp³-hybridized carbons (Fsp3) is 0.273.